The Balaban J connectivity index is 2.69. The van der Waals surface area contributed by atoms with Crippen LogP contribution in [-0.4, -0.2) is 6.26 Å². The van der Waals surface area contributed by atoms with E-state index >= 15 is 0 Å². The summed E-state index contributed by atoms with van der Waals surface area (Å²) in [5.41, 5.74) is 2.47. The lowest BCUT2D eigenvalue weighted by Gasteiger charge is -2.09. The molecule has 0 amide bonds. The number of anilines is 1. The third-order valence-corrected chi connectivity index (χ3v) is 2.70. The molecule has 1 aromatic rings. The largest absolute Gasteiger partial charge is 0.351 e. The van der Waals surface area contributed by atoms with E-state index in [2.05, 4.69) is 50.0 Å². The summed E-state index contributed by atoms with van der Waals surface area (Å²) in [4.78, 5) is 0. The molecule has 0 radical (unpaired) electrons. The summed E-state index contributed by atoms with van der Waals surface area (Å²) in [6.45, 7) is 8.27. The Morgan fingerprint density at radius 1 is 1.29 bits per heavy atom. The van der Waals surface area contributed by atoms with Crippen molar-refractivity contribution in [3.8, 4) is 0 Å². The fourth-order valence-corrected chi connectivity index (χ4v) is 1.38. The lowest BCUT2D eigenvalue weighted by atomic mass is 10.0. The van der Waals surface area contributed by atoms with Crippen LogP contribution in [0.4, 0.5) is 5.69 Å². The highest BCUT2D eigenvalue weighted by Crippen LogP contribution is 2.19. The minimum absolute atomic E-state index is 0.591. The van der Waals surface area contributed by atoms with Crippen LogP contribution in [0.25, 0.3) is 0 Å². The van der Waals surface area contributed by atoms with E-state index in [-0.39, 0.29) is 0 Å². The summed E-state index contributed by atoms with van der Waals surface area (Å²) in [5.74, 6) is 0.591. The average Bonchev–Trinajstić information content (AvgIpc) is 2.18. The second-order valence-corrected chi connectivity index (χ2v) is 4.43. The third kappa shape index (κ3) is 3.11. The maximum absolute atomic E-state index is 3.88. The molecule has 0 saturated carbocycles. The van der Waals surface area contributed by atoms with Crippen molar-refractivity contribution in [2.75, 3.05) is 11.6 Å². The lowest BCUT2D eigenvalue weighted by Crippen LogP contribution is -1.94. The Labute approximate surface area is 90.6 Å². The highest BCUT2D eigenvalue weighted by atomic mass is 32.2. The van der Waals surface area contributed by atoms with Crippen molar-refractivity contribution in [1.29, 1.82) is 0 Å². The van der Waals surface area contributed by atoms with Gasteiger partial charge in [0.1, 0.15) is 0 Å². The number of hydrogen-bond acceptors (Lipinski definition) is 2. The first kappa shape index (κ1) is 11.2. The number of benzene rings is 1. The van der Waals surface area contributed by atoms with Gasteiger partial charge in [-0.15, -0.1) is 11.8 Å². The van der Waals surface area contributed by atoms with E-state index in [1.165, 1.54) is 5.56 Å². The molecule has 1 aromatic carbocycles. The maximum atomic E-state index is 3.88. The van der Waals surface area contributed by atoms with Gasteiger partial charge in [0.15, 0.2) is 0 Å². The molecule has 2 heteroatoms. The van der Waals surface area contributed by atoms with E-state index < -0.39 is 0 Å². The lowest BCUT2D eigenvalue weighted by molar-refractivity contribution is 0.867. The summed E-state index contributed by atoms with van der Waals surface area (Å²) in [5, 5.41) is 4.20. The van der Waals surface area contributed by atoms with Crippen molar-refractivity contribution in [1.82, 2.24) is 0 Å². The zero-order chi connectivity index (χ0) is 10.6. The molecule has 0 heterocycles. The zero-order valence-corrected chi connectivity index (χ0v) is 9.82. The van der Waals surface area contributed by atoms with Gasteiger partial charge in [0.05, 0.1) is 5.03 Å². The van der Waals surface area contributed by atoms with Crippen molar-refractivity contribution >= 4 is 17.4 Å². The van der Waals surface area contributed by atoms with Gasteiger partial charge >= 0.3 is 0 Å². The highest BCUT2D eigenvalue weighted by Gasteiger charge is 1.98. The summed E-state index contributed by atoms with van der Waals surface area (Å²) >= 11 is 1.62. The Morgan fingerprint density at radius 3 is 2.29 bits per heavy atom. The van der Waals surface area contributed by atoms with Crippen molar-refractivity contribution in [2.24, 2.45) is 0 Å². The first-order chi connectivity index (χ1) is 6.63. The van der Waals surface area contributed by atoms with Gasteiger partial charge in [-0.1, -0.05) is 32.6 Å². The summed E-state index contributed by atoms with van der Waals surface area (Å²) in [6, 6.07) is 8.49. The molecular formula is C12H17NS. The Hall–Kier alpha value is -0.890. The zero-order valence-electron chi connectivity index (χ0n) is 9.00. The molecule has 0 spiro atoms. The molecule has 0 aliphatic rings. The van der Waals surface area contributed by atoms with Crippen LogP contribution in [0.2, 0.25) is 0 Å². The molecule has 1 rings (SSSR count). The van der Waals surface area contributed by atoms with Crippen molar-refractivity contribution < 1.29 is 0 Å². The van der Waals surface area contributed by atoms with Crippen LogP contribution in [0.15, 0.2) is 35.9 Å². The molecular weight excluding hydrogens is 190 g/mol. The van der Waals surface area contributed by atoms with E-state index in [4.69, 9.17) is 0 Å². The Kier molecular flexibility index (Phi) is 4.08. The van der Waals surface area contributed by atoms with Gasteiger partial charge in [-0.3, -0.25) is 0 Å². The predicted octanol–water partition coefficient (Wildman–Crippen LogP) is 4.06. The van der Waals surface area contributed by atoms with Gasteiger partial charge < -0.3 is 5.32 Å². The molecule has 76 valence electrons. The Bertz CT molecular complexity index is 301. The molecule has 0 atom stereocenters. The maximum Gasteiger partial charge on any atom is 0.0649 e. The van der Waals surface area contributed by atoms with Gasteiger partial charge in [0, 0.05) is 5.69 Å². The molecule has 0 unspecified atom stereocenters. The van der Waals surface area contributed by atoms with Gasteiger partial charge in [0.25, 0.3) is 0 Å². The fraction of sp³-hybridized carbons (Fsp3) is 0.333. The number of rotatable bonds is 4. The van der Waals surface area contributed by atoms with Crippen LogP contribution >= 0.6 is 11.8 Å². The average molecular weight is 207 g/mol. The summed E-state index contributed by atoms with van der Waals surface area (Å²) in [6.07, 6.45) is 2.01. The highest BCUT2D eigenvalue weighted by molar-refractivity contribution is 8.02. The predicted molar refractivity (Wildman–Crippen MR) is 66.8 cm³/mol. The van der Waals surface area contributed by atoms with Gasteiger partial charge in [0.2, 0.25) is 0 Å². The second kappa shape index (κ2) is 5.11. The fourth-order valence-electron chi connectivity index (χ4n) is 1.16. The van der Waals surface area contributed by atoms with Crippen LogP contribution in [0.5, 0.6) is 0 Å². The minimum Gasteiger partial charge on any atom is -0.351 e. The van der Waals surface area contributed by atoms with Crippen molar-refractivity contribution in [3.05, 3.63) is 41.4 Å². The van der Waals surface area contributed by atoms with Gasteiger partial charge in [-0.05, 0) is 29.9 Å². The first-order valence-corrected chi connectivity index (χ1v) is 5.96. The standard InChI is InChI=1S/C12H17NS/c1-9(2)11-5-7-12(8-6-11)13-10(3)14-4/h5-9,13H,3H2,1-2,4H3. The second-order valence-electron chi connectivity index (χ2n) is 3.53. The van der Waals surface area contributed by atoms with Crippen molar-refractivity contribution in [3.63, 3.8) is 0 Å². The molecule has 0 saturated heterocycles. The molecule has 0 bridgehead atoms. The molecule has 0 fully saturated rings. The monoisotopic (exact) mass is 207 g/mol. The van der Waals surface area contributed by atoms with Crippen LogP contribution in [0.1, 0.15) is 25.3 Å². The van der Waals surface area contributed by atoms with Crippen LogP contribution < -0.4 is 5.32 Å². The SMILES string of the molecule is C=C(Nc1ccc(C(C)C)cc1)SC. The van der Waals surface area contributed by atoms with Gasteiger partial charge in [-0.2, -0.15) is 0 Å². The quantitative estimate of drug-likeness (QED) is 0.799. The number of thioether (sulfide) groups is 1. The summed E-state index contributed by atoms with van der Waals surface area (Å²) < 4.78 is 0. The molecule has 1 nitrogen and oxygen atoms in total. The molecule has 0 aliphatic heterocycles. The minimum atomic E-state index is 0.591. The third-order valence-electron chi connectivity index (χ3n) is 2.11. The van der Waals surface area contributed by atoms with Crippen molar-refractivity contribution in [2.45, 2.75) is 19.8 Å². The van der Waals surface area contributed by atoms with Crippen LogP contribution in [-0.2, 0) is 0 Å². The van der Waals surface area contributed by atoms with Gasteiger partial charge in [-0.25, -0.2) is 0 Å². The number of hydrogen-bond donors (Lipinski definition) is 1. The first-order valence-electron chi connectivity index (χ1n) is 4.73. The van der Waals surface area contributed by atoms with E-state index in [0.717, 1.165) is 10.7 Å². The smallest absolute Gasteiger partial charge is 0.0649 e. The molecule has 0 aromatic heterocycles. The van der Waals surface area contributed by atoms with Crippen LogP contribution in [0, 0.1) is 0 Å². The van der Waals surface area contributed by atoms with E-state index in [1.807, 2.05) is 6.26 Å². The molecule has 0 aliphatic carbocycles. The Morgan fingerprint density at radius 2 is 1.86 bits per heavy atom. The molecule has 14 heavy (non-hydrogen) atoms. The topological polar surface area (TPSA) is 12.0 Å². The molecule has 1 N–H and O–H groups in total. The van der Waals surface area contributed by atoms with Crippen LogP contribution in [0.3, 0.4) is 0 Å². The normalized spacial score (nSPS) is 10.3. The van der Waals surface area contributed by atoms with E-state index in [0.29, 0.717) is 5.92 Å². The summed E-state index contributed by atoms with van der Waals surface area (Å²) in [7, 11) is 0. The van der Waals surface area contributed by atoms with E-state index in [1.54, 1.807) is 11.8 Å². The van der Waals surface area contributed by atoms with E-state index in [9.17, 15) is 0 Å². The number of nitrogens with one attached hydrogen (secondary N) is 1.